The Morgan fingerprint density at radius 1 is 1.41 bits per heavy atom. The zero-order chi connectivity index (χ0) is 22.9. The van der Waals surface area contributed by atoms with Crippen LogP contribution < -0.4 is 10.1 Å². The van der Waals surface area contributed by atoms with Crippen LogP contribution in [0.25, 0.3) is 0 Å². The number of hydrogen-bond acceptors (Lipinski definition) is 6. The predicted octanol–water partition coefficient (Wildman–Crippen LogP) is 1.75. The van der Waals surface area contributed by atoms with Gasteiger partial charge in [-0.2, -0.15) is 10.2 Å². The molecule has 0 radical (unpaired) electrons. The minimum atomic E-state index is -2.58. The number of carbonyl (C=O) groups is 1. The van der Waals surface area contributed by atoms with Gasteiger partial charge in [-0.05, 0) is 23.8 Å². The lowest BCUT2D eigenvalue weighted by molar-refractivity contribution is 0.0844. The summed E-state index contributed by atoms with van der Waals surface area (Å²) in [7, 11) is 1.59. The Labute approximate surface area is 172 Å². The molecule has 0 saturated carbocycles. The summed E-state index contributed by atoms with van der Waals surface area (Å²) in [6, 6.07) is 10.5. The van der Waals surface area contributed by atoms with Crippen molar-refractivity contribution in [3.63, 3.8) is 0 Å². The number of aryl methyl sites for hydroxylation is 1. The van der Waals surface area contributed by atoms with E-state index in [1.54, 1.807) is 17.9 Å². The van der Waals surface area contributed by atoms with Gasteiger partial charge in [-0.25, -0.2) is 0 Å². The third-order valence-electron chi connectivity index (χ3n) is 4.73. The number of hydrogen-bond donors (Lipinski definition) is 2. The largest absolute Gasteiger partial charge is 0.497 e. The van der Waals surface area contributed by atoms with E-state index in [-0.39, 0.29) is 24.2 Å². The normalized spacial score (nSPS) is 20.7. The zero-order valence-corrected chi connectivity index (χ0v) is 15.8. The highest BCUT2D eigenvalue weighted by atomic mass is 16.5. The van der Waals surface area contributed by atoms with Gasteiger partial charge in [0.2, 0.25) is 0 Å². The van der Waals surface area contributed by atoms with Crippen molar-refractivity contribution in [2.75, 3.05) is 19.0 Å². The van der Waals surface area contributed by atoms with E-state index in [2.05, 4.69) is 15.5 Å². The van der Waals surface area contributed by atoms with Crippen molar-refractivity contribution in [3.05, 3.63) is 59.5 Å². The highest BCUT2D eigenvalue weighted by molar-refractivity contribution is 6.02. The maximum absolute atomic E-state index is 12.7. The number of anilines is 1. The lowest BCUT2D eigenvalue weighted by Crippen LogP contribution is -2.16. The van der Waals surface area contributed by atoms with Gasteiger partial charge in [-0.15, -0.1) is 0 Å². The first kappa shape index (κ1) is 15.7. The number of aliphatic hydroxyl groups excluding tert-OH is 1. The number of aromatic nitrogens is 4. The number of carbonyl (C=O) groups excluding carboxylic acids is 1. The summed E-state index contributed by atoms with van der Waals surface area (Å²) < 4.78 is 35.8. The summed E-state index contributed by atoms with van der Waals surface area (Å²) in [5, 5.41) is 20.7. The molecule has 2 unspecified atom stereocenters. The molecule has 0 bridgehead atoms. The molecule has 152 valence electrons. The summed E-state index contributed by atoms with van der Waals surface area (Å²) in [4.78, 5) is 12.7. The van der Waals surface area contributed by atoms with Crippen molar-refractivity contribution in [1.82, 2.24) is 19.6 Å². The van der Waals surface area contributed by atoms with E-state index in [1.807, 2.05) is 24.3 Å². The minimum Gasteiger partial charge on any atom is -0.497 e. The summed E-state index contributed by atoms with van der Waals surface area (Å²) in [6.45, 7) is -1.96. The number of nitrogens with one attached hydrogen (secondary N) is 1. The first-order valence-electron chi connectivity index (χ1n) is 10.6. The number of methoxy groups -OCH3 is 1. The van der Waals surface area contributed by atoms with Crippen LogP contribution in [0, 0.1) is 0 Å². The maximum Gasteiger partial charge on any atom is 0.275 e. The van der Waals surface area contributed by atoms with Crippen LogP contribution in [0.4, 0.5) is 5.82 Å². The Morgan fingerprint density at radius 2 is 2.24 bits per heavy atom. The van der Waals surface area contributed by atoms with E-state index in [9.17, 15) is 9.90 Å². The molecule has 1 amide bonds. The molecule has 9 nitrogen and oxygen atoms in total. The van der Waals surface area contributed by atoms with Gasteiger partial charge in [-0.1, -0.05) is 12.1 Å². The van der Waals surface area contributed by atoms with Gasteiger partial charge in [0.05, 0.1) is 32.1 Å². The van der Waals surface area contributed by atoms with Gasteiger partial charge < -0.3 is 19.9 Å². The summed E-state index contributed by atoms with van der Waals surface area (Å²) in [5.74, 6) is 0.323. The average molecular weight is 400 g/mol. The SMILES string of the molecule is [2H]C([2H])([2H])n1nccc1C(=O)Nc1cc(C2CC(O)CO2)n(Cc2ccc(OC)cc2)n1. The van der Waals surface area contributed by atoms with Gasteiger partial charge >= 0.3 is 0 Å². The fourth-order valence-electron chi connectivity index (χ4n) is 3.25. The van der Waals surface area contributed by atoms with E-state index in [4.69, 9.17) is 13.6 Å². The van der Waals surface area contributed by atoms with Crippen molar-refractivity contribution in [2.45, 2.75) is 25.2 Å². The van der Waals surface area contributed by atoms with Gasteiger partial charge in [-0.3, -0.25) is 14.2 Å². The molecule has 29 heavy (non-hydrogen) atoms. The molecule has 9 heteroatoms. The molecule has 1 fully saturated rings. The first-order chi connectivity index (χ1) is 15.2. The molecule has 2 aromatic heterocycles. The number of benzene rings is 1. The van der Waals surface area contributed by atoms with E-state index in [1.165, 1.54) is 12.3 Å². The van der Waals surface area contributed by atoms with E-state index in [0.29, 0.717) is 23.3 Å². The molecule has 4 rings (SSSR count). The Morgan fingerprint density at radius 3 is 2.93 bits per heavy atom. The molecule has 2 N–H and O–H groups in total. The molecule has 3 aromatic rings. The lowest BCUT2D eigenvalue weighted by Gasteiger charge is -2.12. The lowest BCUT2D eigenvalue weighted by atomic mass is 10.1. The van der Waals surface area contributed by atoms with Crippen molar-refractivity contribution in [3.8, 4) is 5.75 Å². The molecule has 3 heterocycles. The predicted molar refractivity (Wildman–Crippen MR) is 105 cm³/mol. The summed E-state index contributed by atoms with van der Waals surface area (Å²) >= 11 is 0. The molecule has 1 aliphatic heterocycles. The quantitative estimate of drug-likeness (QED) is 0.653. The Balaban J connectivity index is 1.60. The van der Waals surface area contributed by atoms with Gasteiger partial charge in [0.1, 0.15) is 17.5 Å². The third-order valence-corrected chi connectivity index (χ3v) is 4.73. The van der Waals surface area contributed by atoms with Crippen LogP contribution in [0.3, 0.4) is 0 Å². The van der Waals surface area contributed by atoms with Gasteiger partial charge in [0, 0.05) is 29.8 Å². The second-order valence-electron chi connectivity index (χ2n) is 6.75. The maximum atomic E-state index is 12.7. The Hall–Kier alpha value is -3.17. The monoisotopic (exact) mass is 400 g/mol. The number of rotatable bonds is 6. The van der Waals surface area contributed by atoms with Crippen LogP contribution in [0.2, 0.25) is 0 Å². The fraction of sp³-hybridized carbons (Fsp3) is 0.350. The molecule has 1 aliphatic rings. The van der Waals surface area contributed by atoms with Crippen LogP contribution >= 0.6 is 0 Å². The van der Waals surface area contributed by atoms with Crippen molar-refractivity contribution in [1.29, 1.82) is 0 Å². The van der Waals surface area contributed by atoms with Crippen molar-refractivity contribution in [2.24, 2.45) is 6.98 Å². The third kappa shape index (κ3) is 4.15. The van der Waals surface area contributed by atoms with E-state index in [0.717, 1.165) is 11.3 Å². The molecule has 1 saturated heterocycles. The molecule has 0 aliphatic carbocycles. The highest BCUT2D eigenvalue weighted by Gasteiger charge is 2.29. The standard InChI is InChI=1S/C20H23N5O4/c1-24-16(7-8-21-24)20(27)22-19-10-17(18-9-14(26)12-29-18)25(23-19)11-13-3-5-15(28-2)6-4-13/h3-8,10,14,18,26H,9,11-12H2,1-2H3,(H,22,23,27)/i1D3. The number of nitrogens with zero attached hydrogens (tertiary/aromatic N) is 4. The van der Waals surface area contributed by atoms with Crippen LogP contribution in [0.15, 0.2) is 42.6 Å². The van der Waals surface area contributed by atoms with Gasteiger partial charge in [0.15, 0.2) is 5.82 Å². The second kappa shape index (κ2) is 8.06. The Kier molecular flexibility index (Phi) is 4.37. The van der Waals surface area contributed by atoms with Crippen molar-refractivity contribution < 1.29 is 23.5 Å². The van der Waals surface area contributed by atoms with Crippen LogP contribution in [-0.2, 0) is 18.3 Å². The number of ether oxygens (including phenoxy) is 2. The van der Waals surface area contributed by atoms with Gasteiger partial charge in [0.25, 0.3) is 5.91 Å². The minimum absolute atomic E-state index is 0.108. The smallest absolute Gasteiger partial charge is 0.275 e. The molecule has 2 atom stereocenters. The summed E-state index contributed by atoms with van der Waals surface area (Å²) in [5.41, 5.74) is 1.54. The first-order valence-corrected chi connectivity index (χ1v) is 9.11. The number of aliphatic hydroxyl groups is 1. The summed E-state index contributed by atoms with van der Waals surface area (Å²) in [6.07, 6.45) is 0.710. The van der Waals surface area contributed by atoms with E-state index >= 15 is 0 Å². The van der Waals surface area contributed by atoms with E-state index < -0.39 is 19.0 Å². The zero-order valence-electron chi connectivity index (χ0n) is 18.8. The average Bonchev–Trinajstić information content (AvgIpc) is 3.48. The fourth-order valence-corrected chi connectivity index (χ4v) is 3.25. The Bertz CT molecular complexity index is 1090. The molecular formula is C20H23N5O4. The topological polar surface area (TPSA) is 103 Å². The van der Waals surface area contributed by atoms with Crippen molar-refractivity contribution >= 4 is 11.7 Å². The highest BCUT2D eigenvalue weighted by Crippen LogP contribution is 2.31. The van der Waals surface area contributed by atoms with Crippen LogP contribution in [0.1, 0.15) is 38.4 Å². The number of amides is 1. The molecular weight excluding hydrogens is 374 g/mol. The van der Waals surface area contributed by atoms with Crippen LogP contribution in [-0.4, -0.2) is 50.4 Å². The van der Waals surface area contributed by atoms with Crippen LogP contribution in [0.5, 0.6) is 5.75 Å². The second-order valence-corrected chi connectivity index (χ2v) is 6.75. The molecule has 0 spiro atoms. The molecule has 1 aromatic carbocycles.